The van der Waals surface area contributed by atoms with E-state index in [1.807, 2.05) is 13.8 Å². The Morgan fingerprint density at radius 1 is 1.23 bits per heavy atom. The number of aryl methyl sites for hydroxylation is 1. The lowest BCUT2D eigenvalue weighted by Crippen LogP contribution is -1.87. The highest BCUT2D eigenvalue weighted by Crippen LogP contribution is 2.24. The highest BCUT2D eigenvalue weighted by Gasteiger charge is 2.09. The van der Waals surface area contributed by atoms with E-state index in [0.717, 1.165) is 0 Å². The van der Waals surface area contributed by atoms with Crippen LogP contribution >= 0.6 is 11.6 Å². The van der Waals surface area contributed by atoms with E-state index in [0.29, 0.717) is 10.6 Å². The molecule has 0 nitrogen and oxygen atoms in total. The van der Waals surface area contributed by atoms with Crippen LogP contribution < -0.4 is 0 Å². The Balaban J connectivity index is 0.000000671. The van der Waals surface area contributed by atoms with Crippen LogP contribution in [0.1, 0.15) is 31.4 Å². The molecule has 0 saturated carbocycles. The van der Waals surface area contributed by atoms with Crippen LogP contribution in [0.25, 0.3) is 0 Å². The number of hydrogen-bond acceptors (Lipinski definition) is 0. The van der Waals surface area contributed by atoms with E-state index < -0.39 is 6.43 Å². The van der Waals surface area contributed by atoms with Crippen molar-refractivity contribution in [1.82, 2.24) is 0 Å². The predicted octanol–water partition coefficient (Wildman–Crippen LogP) is 4.61. The molecule has 74 valence electrons. The molecule has 0 aliphatic carbocycles. The zero-order chi connectivity index (χ0) is 10.4. The van der Waals surface area contributed by atoms with Gasteiger partial charge in [0.2, 0.25) is 0 Å². The third kappa shape index (κ3) is 3.73. The summed E-state index contributed by atoms with van der Waals surface area (Å²) in [5.74, 6) is 0. The molecule has 13 heavy (non-hydrogen) atoms. The Kier molecular flexibility index (Phi) is 5.63. The normalized spacial score (nSPS) is 9.46. The molecule has 0 unspecified atom stereocenters. The smallest absolute Gasteiger partial charge is 0.205 e. The predicted molar refractivity (Wildman–Crippen MR) is 52.5 cm³/mol. The Morgan fingerprint density at radius 3 is 2.15 bits per heavy atom. The van der Waals surface area contributed by atoms with Gasteiger partial charge in [0.1, 0.15) is 0 Å². The summed E-state index contributed by atoms with van der Waals surface area (Å²) < 4.78 is 24.2. The van der Waals surface area contributed by atoms with Gasteiger partial charge in [0, 0.05) is 10.6 Å². The summed E-state index contributed by atoms with van der Waals surface area (Å²) in [6, 6.07) is 4.35. The van der Waals surface area contributed by atoms with Gasteiger partial charge in [-0.05, 0) is 24.6 Å². The van der Waals surface area contributed by atoms with Crippen molar-refractivity contribution < 1.29 is 8.78 Å². The van der Waals surface area contributed by atoms with Gasteiger partial charge in [-0.1, -0.05) is 31.5 Å². The Bertz CT molecular complexity index is 259. The second kappa shape index (κ2) is 5.92. The lowest BCUT2D eigenvalue weighted by molar-refractivity contribution is 0.150. The van der Waals surface area contributed by atoms with E-state index in [1.54, 1.807) is 6.92 Å². The van der Waals surface area contributed by atoms with E-state index >= 15 is 0 Å². The zero-order valence-corrected chi connectivity index (χ0v) is 8.70. The fourth-order valence-corrected chi connectivity index (χ4v) is 1.11. The first kappa shape index (κ1) is 12.4. The average molecular weight is 207 g/mol. The summed E-state index contributed by atoms with van der Waals surface area (Å²) in [6.07, 6.45) is -2.41. The van der Waals surface area contributed by atoms with Gasteiger partial charge in [0.25, 0.3) is 6.43 Å². The quantitative estimate of drug-likeness (QED) is 0.629. The van der Waals surface area contributed by atoms with Crippen LogP contribution in [0, 0.1) is 6.92 Å². The molecule has 0 heterocycles. The minimum atomic E-state index is -2.41. The molecule has 0 aliphatic heterocycles. The van der Waals surface area contributed by atoms with Crippen LogP contribution in [0.2, 0.25) is 5.02 Å². The van der Waals surface area contributed by atoms with Crippen molar-refractivity contribution >= 4 is 11.6 Å². The molecule has 0 amide bonds. The molecule has 0 aliphatic rings. The Hall–Kier alpha value is -0.630. The number of benzene rings is 1. The second-order valence-corrected chi connectivity index (χ2v) is 2.74. The first-order valence-electron chi connectivity index (χ1n) is 4.15. The minimum Gasteiger partial charge on any atom is -0.205 e. The topological polar surface area (TPSA) is 0 Å². The van der Waals surface area contributed by atoms with Crippen molar-refractivity contribution in [2.75, 3.05) is 0 Å². The van der Waals surface area contributed by atoms with Crippen molar-refractivity contribution in [2.24, 2.45) is 0 Å². The van der Waals surface area contributed by atoms with Gasteiger partial charge < -0.3 is 0 Å². The summed E-state index contributed by atoms with van der Waals surface area (Å²) >= 11 is 5.58. The third-order valence-electron chi connectivity index (χ3n) is 1.47. The third-order valence-corrected chi connectivity index (χ3v) is 1.70. The number of hydrogen-bond donors (Lipinski definition) is 0. The van der Waals surface area contributed by atoms with Crippen LogP contribution in [0.3, 0.4) is 0 Å². The molecule has 3 heteroatoms. The van der Waals surface area contributed by atoms with E-state index in [4.69, 9.17) is 11.6 Å². The van der Waals surface area contributed by atoms with E-state index in [2.05, 4.69) is 0 Å². The van der Waals surface area contributed by atoms with Crippen molar-refractivity contribution in [3.8, 4) is 0 Å². The van der Waals surface area contributed by atoms with E-state index in [-0.39, 0.29) is 5.56 Å². The number of rotatable bonds is 1. The Morgan fingerprint density at radius 2 is 1.77 bits per heavy atom. The number of halogens is 3. The van der Waals surface area contributed by atoms with Crippen molar-refractivity contribution in [2.45, 2.75) is 27.2 Å². The van der Waals surface area contributed by atoms with Crippen LogP contribution in [0.5, 0.6) is 0 Å². The SMILES string of the molecule is CC.Cc1cc(Cl)ccc1C(F)F. The fraction of sp³-hybridized carbons (Fsp3) is 0.400. The monoisotopic (exact) mass is 206 g/mol. The van der Waals surface area contributed by atoms with Gasteiger partial charge in [0.05, 0.1) is 0 Å². The first-order chi connectivity index (χ1) is 6.11. The highest BCUT2D eigenvalue weighted by molar-refractivity contribution is 6.30. The molecule has 0 N–H and O–H groups in total. The molecule has 0 fully saturated rings. The van der Waals surface area contributed by atoms with Gasteiger partial charge in [0.15, 0.2) is 0 Å². The first-order valence-corrected chi connectivity index (χ1v) is 4.53. The maximum atomic E-state index is 12.1. The highest BCUT2D eigenvalue weighted by atomic mass is 35.5. The van der Waals surface area contributed by atoms with Gasteiger partial charge in [-0.3, -0.25) is 0 Å². The average Bonchev–Trinajstić information content (AvgIpc) is 2.07. The van der Waals surface area contributed by atoms with Crippen LogP contribution in [-0.4, -0.2) is 0 Å². The summed E-state index contributed by atoms with van der Waals surface area (Å²) in [6.45, 7) is 5.62. The molecular formula is C10H13ClF2. The zero-order valence-electron chi connectivity index (χ0n) is 7.94. The number of alkyl halides is 2. The van der Waals surface area contributed by atoms with Crippen LogP contribution in [0.15, 0.2) is 18.2 Å². The molecule has 1 aromatic carbocycles. The molecule has 0 radical (unpaired) electrons. The van der Waals surface area contributed by atoms with Crippen molar-refractivity contribution in [3.63, 3.8) is 0 Å². The lowest BCUT2D eigenvalue weighted by atomic mass is 10.1. The lowest BCUT2D eigenvalue weighted by Gasteiger charge is -2.03. The Labute approximate surface area is 82.5 Å². The van der Waals surface area contributed by atoms with Gasteiger partial charge in [-0.15, -0.1) is 0 Å². The van der Waals surface area contributed by atoms with Crippen molar-refractivity contribution in [3.05, 3.63) is 34.3 Å². The summed E-state index contributed by atoms with van der Waals surface area (Å²) in [7, 11) is 0. The maximum absolute atomic E-state index is 12.1. The largest absolute Gasteiger partial charge is 0.264 e. The van der Waals surface area contributed by atoms with E-state index in [9.17, 15) is 8.78 Å². The molecule has 0 bridgehead atoms. The van der Waals surface area contributed by atoms with Gasteiger partial charge >= 0.3 is 0 Å². The summed E-state index contributed by atoms with van der Waals surface area (Å²) in [5.41, 5.74) is 0.585. The van der Waals surface area contributed by atoms with Crippen LogP contribution in [0.4, 0.5) is 8.78 Å². The standard InChI is InChI=1S/C8H7ClF2.C2H6/c1-5-4-6(9)2-3-7(5)8(10)11;1-2/h2-4,8H,1H3;1-2H3. The fourth-order valence-electron chi connectivity index (χ4n) is 0.884. The van der Waals surface area contributed by atoms with Crippen LogP contribution in [-0.2, 0) is 0 Å². The maximum Gasteiger partial charge on any atom is 0.264 e. The van der Waals surface area contributed by atoms with Crippen molar-refractivity contribution in [1.29, 1.82) is 0 Å². The molecular weight excluding hydrogens is 194 g/mol. The molecule has 0 saturated heterocycles. The summed E-state index contributed by atoms with van der Waals surface area (Å²) in [5, 5.41) is 0.493. The molecule has 0 aromatic heterocycles. The molecule has 1 rings (SSSR count). The molecule has 0 atom stereocenters. The van der Waals surface area contributed by atoms with Gasteiger partial charge in [-0.2, -0.15) is 0 Å². The molecule has 1 aromatic rings. The van der Waals surface area contributed by atoms with Gasteiger partial charge in [-0.25, -0.2) is 8.78 Å². The van der Waals surface area contributed by atoms with E-state index in [1.165, 1.54) is 18.2 Å². The summed E-state index contributed by atoms with van der Waals surface area (Å²) in [4.78, 5) is 0. The molecule has 0 spiro atoms. The minimum absolute atomic E-state index is 0.0504. The second-order valence-electron chi connectivity index (χ2n) is 2.30.